The van der Waals surface area contributed by atoms with Crippen LogP contribution >= 0.6 is 0 Å². The van der Waals surface area contributed by atoms with Crippen LogP contribution in [0.15, 0.2) is 16.7 Å². The van der Waals surface area contributed by atoms with Gasteiger partial charge in [-0.15, -0.1) is 0 Å². The molecule has 0 fully saturated rings. The maximum absolute atomic E-state index is 13.9. The van der Waals surface area contributed by atoms with Crippen molar-refractivity contribution in [1.82, 2.24) is 10.1 Å². The Balaban J connectivity index is 2.45. The average Bonchev–Trinajstić information content (AvgIpc) is 2.90. The Bertz CT molecular complexity index is 675. The Labute approximate surface area is 117 Å². The first-order valence-corrected chi connectivity index (χ1v) is 6.09. The lowest BCUT2D eigenvalue weighted by Gasteiger charge is -2.01. The van der Waals surface area contributed by atoms with E-state index in [1.807, 2.05) is 6.92 Å². The van der Waals surface area contributed by atoms with Crippen molar-refractivity contribution < 1.29 is 23.3 Å². The third-order valence-electron chi connectivity index (χ3n) is 2.75. The molecule has 9 heteroatoms. The Hall–Kier alpha value is -2.42. The molecule has 0 amide bonds. The van der Waals surface area contributed by atoms with Crippen molar-refractivity contribution in [3.63, 3.8) is 0 Å². The van der Waals surface area contributed by atoms with Gasteiger partial charge in [0.25, 0.3) is 5.89 Å². The maximum atomic E-state index is 13.9. The highest BCUT2D eigenvalue weighted by Crippen LogP contribution is 2.30. The van der Waals surface area contributed by atoms with Crippen molar-refractivity contribution in [3.05, 3.63) is 39.7 Å². The molecular formula is C12H11F2N3O4. The van der Waals surface area contributed by atoms with Crippen LogP contribution in [0.25, 0.3) is 11.5 Å². The van der Waals surface area contributed by atoms with Crippen LogP contribution in [0.2, 0.25) is 0 Å². The summed E-state index contributed by atoms with van der Waals surface area (Å²) in [6, 6.07) is 1.17. The monoisotopic (exact) mass is 299 g/mol. The van der Waals surface area contributed by atoms with Gasteiger partial charge in [0, 0.05) is 0 Å². The standard InChI is InChI=1S/C12H11F2N3O4/c1-2-3-9(18)11-15-12(21-16-11)7-4-6(13)5-8(10(7)14)17(19)20/h4-5,9,18H,2-3H2,1H3. The third kappa shape index (κ3) is 3.02. The minimum atomic E-state index is -1.28. The minimum Gasteiger partial charge on any atom is -0.385 e. The molecule has 0 radical (unpaired) electrons. The SMILES string of the molecule is CCCC(O)c1noc(-c2cc(F)cc([N+](=O)[O-])c2F)n1. The molecule has 21 heavy (non-hydrogen) atoms. The highest BCUT2D eigenvalue weighted by molar-refractivity contribution is 5.59. The third-order valence-corrected chi connectivity index (χ3v) is 2.75. The van der Waals surface area contributed by atoms with Crippen molar-refractivity contribution >= 4 is 5.69 Å². The number of aliphatic hydroxyl groups excluding tert-OH is 1. The first-order chi connectivity index (χ1) is 9.93. The number of nitro benzene ring substituents is 1. The molecule has 0 bridgehead atoms. The highest BCUT2D eigenvalue weighted by Gasteiger charge is 2.25. The predicted octanol–water partition coefficient (Wildman–Crippen LogP) is 2.76. The fraction of sp³-hybridized carbons (Fsp3) is 0.333. The molecule has 1 heterocycles. The number of aromatic nitrogens is 2. The van der Waals surface area contributed by atoms with Gasteiger partial charge >= 0.3 is 5.69 Å². The summed E-state index contributed by atoms with van der Waals surface area (Å²) in [5.41, 5.74) is -1.55. The van der Waals surface area contributed by atoms with Gasteiger partial charge in [0.2, 0.25) is 11.6 Å². The van der Waals surface area contributed by atoms with Crippen LogP contribution in [-0.4, -0.2) is 20.2 Å². The van der Waals surface area contributed by atoms with E-state index >= 15 is 0 Å². The lowest BCUT2D eigenvalue weighted by molar-refractivity contribution is -0.387. The average molecular weight is 299 g/mol. The predicted molar refractivity (Wildman–Crippen MR) is 66.2 cm³/mol. The van der Waals surface area contributed by atoms with Gasteiger partial charge in [-0.3, -0.25) is 10.1 Å². The van der Waals surface area contributed by atoms with Gasteiger partial charge in [-0.25, -0.2) is 4.39 Å². The van der Waals surface area contributed by atoms with Crippen LogP contribution in [0, 0.1) is 21.7 Å². The van der Waals surface area contributed by atoms with Gasteiger partial charge in [0.05, 0.1) is 16.6 Å². The Morgan fingerprint density at radius 1 is 1.48 bits per heavy atom. The molecule has 0 aliphatic carbocycles. The smallest absolute Gasteiger partial charge is 0.308 e. The first-order valence-electron chi connectivity index (χ1n) is 6.09. The van der Waals surface area contributed by atoms with Gasteiger partial charge in [-0.1, -0.05) is 18.5 Å². The molecule has 7 nitrogen and oxygen atoms in total. The van der Waals surface area contributed by atoms with Crippen LogP contribution in [0.3, 0.4) is 0 Å². The molecule has 1 unspecified atom stereocenters. The number of halogens is 2. The van der Waals surface area contributed by atoms with Crippen molar-refractivity contribution in [3.8, 4) is 11.5 Å². The topological polar surface area (TPSA) is 102 Å². The van der Waals surface area contributed by atoms with Crippen LogP contribution in [-0.2, 0) is 0 Å². The summed E-state index contributed by atoms with van der Waals surface area (Å²) in [6.45, 7) is 1.83. The maximum Gasteiger partial charge on any atom is 0.308 e. The van der Waals surface area contributed by atoms with E-state index in [-0.39, 0.29) is 5.82 Å². The van der Waals surface area contributed by atoms with E-state index in [1.54, 1.807) is 0 Å². The van der Waals surface area contributed by atoms with Gasteiger partial charge in [0.1, 0.15) is 11.9 Å². The van der Waals surface area contributed by atoms with Gasteiger partial charge in [-0.05, 0) is 12.5 Å². The van der Waals surface area contributed by atoms with E-state index < -0.39 is 39.8 Å². The summed E-state index contributed by atoms with van der Waals surface area (Å²) >= 11 is 0. The zero-order valence-corrected chi connectivity index (χ0v) is 10.9. The zero-order chi connectivity index (χ0) is 15.6. The normalized spacial score (nSPS) is 12.4. The summed E-state index contributed by atoms with van der Waals surface area (Å²) in [5, 5.41) is 23.8. The Kier molecular flexibility index (Phi) is 4.22. The Morgan fingerprint density at radius 3 is 2.81 bits per heavy atom. The van der Waals surface area contributed by atoms with Crippen LogP contribution in [0.5, 0.6) is 0 Å². The van der Waals surface area contributed by atoms with Gasteiger partial charge in [-0.2, -0.15) is 9.37 Å². The van der Waals surface area contributed by atoms with Crippen LogP contribution in [0.1, 0.15) is 31.7 Å². The molecule has 0 aliphatic heterocycles. The number of benzene rings is 1. The second kappa shape index (κ2) is 5.92. The van der Waals surface area contributed by atoms with E-state index in [9.17, 15) is 24.0 Å². The molecule has 2 aromatic rings. The number of nitro groups is 1. The summed E-state index contributed by atoms with van der Waals surface area (Å²) in [4.78, 5) is 13.3. The molecule has 1 N–H and O–H groups in total. The fourth-order valence-corrected chi connectivity index (χ4v) is 1.75. The van der Waals surface area contributed by atoms with Crippen LogP contribution < -0.4 is 0 Å². The second-order valence-electron chi connectivity index (χ2n) is 4.31. The number of hydrogen-bond acceptors (Lipinski definition) is 6. The van der Waals surface area contributed by atoms with E-state index in [4.69, 9.17) is 4.52 Å². The van der Waals surface area contributed by atoms with Gasteiger partial charge < -0.3 is 9.63 Å². The Morgan fingerprint density at radius 2 is 2.19 bits per heavy atom. The van der Waals surface area contributed by atoms with E-state index in [0.717, 1.165) is 0 Å². The van der Waals surface area contributed by atoms with E-state index in [2.05, 4.69) is 10.1 Å². The second-order valence-corrected chi connectivity index (χ2v) is 4.31. The van der Waals surface area contributed by atoms with Crippen molar-refractivity contribution in [2.24, 2.45) is 0 Å². The van der Waals surface area contributed by atoms with Crippen molar-refractivity contribution in [2.45, 2.75) is 25.9 Å². The van der Waals surface area contributed by atoms with E-state index in [0.29, 0.717) is 25.0 Å². The summed E-state index contributed by atoms with van der Waals surface area (Å²) in [6.07, 6.45) is 0.0226. The summed E-state index contributed by atoms with van der Waals surface area (Å²) in [5.74, 6) is -2.80. The molecule has 0 saturated carbocycles. The number of nitrogens with zero attached hydrogens (tertiary/aromatic N) is 3. The lowest BCUT2D eigenvalue weighted by Crippen LogP contribution is -1.99. The molecule has 0 saturated heterocycles. The minimum absolute atomic E-state index is 0.0850. The number of rotatable bonds is 5. The van der Waals surface area contributed by atoms with E-state index in [1.165, 1.54) is 0 Å². The molecule has 0 spiro atoms. The quantitative estimate of drug-likeness (QED) is 0.672. The highest BCUT2D eigenvalue weighted by atomic mass is 19.1. The molecule has 2 rings (SSSR count). The van der Waals surface area contributed by atoms with Crippen molar-refractivity contribution in [1.29, 1.82) is 0 Å². The number of aliphatic hydroxyl groups is 1. The molecule has 1 aromatic carbocycles. The fourth-order valence-electron chi connectivity index (χ4n) is 1.75. The first kappa shape index (κ1) is 15.0. The molecule has 1 aromatic heterocycles. The summed E-state index contributed by atoms with van der Waals surface area (Å²) in [7, 11) is 0. The largest absolute Gasteiger partial charge is 0.385 e. The summed E-state index contributed by atoms with van der Waals surface area (Å²) < 4.78 is 32.0. The number of hydrogen-bond donors (Lipinski definition) is 1. The molecule has 1 atom stereocenters. The van der Waals surface area contributed by atoms with Gasteiger partial charge in [0.15, 0.2) is 0 Å². The lowest BCUT2D eigenvalue weighted by atomic mass is 10.1. The molecule has 0 aliphatic rings. The molecule has 112 valence electrons. The van der Waals surface area contributed by atoms with Crippen molar-refractivity contribution in [2.75, 3.05) is 0 Å². The van der Waals surface area contributed by atoms with Crippen LogP contribution in [0.4, 0.5) is 14.5 Å². The molecular weight excluding hydrogens is 288 g/mol. The zero-order valence-electron chi connectivity index (χ0n) is 10.9.